The molecule has 2 aromatic carbocycles. The predicted molar refractivity (Wildman–Crippen MR) is 126 cm³/mol. The number of hydrogen-bond acceptors (Lipinski definition) is 5. The summed E-state index contributed by atoms with van der Waals surface area (Å²) < 4.78 is 12.9. The number of methoxy groups -OCH3 is 1. The minimum absolute atomic E-state index is 0.0519. The summed E-state index contributed by atoms with van der Waals surface area (Å²) >= 11 is 10.3. The summed E-state index contributed by atoms with van der Waals surface area (Å²) in [6.45, 7) is 5.20. The van der Waals surface area contributed by atoms with Crippen LogP contribution in [0.25, 0.3) is 6.08 Å². The van der Waals surface area contributed by atoms with E-state index in [1.165, 1.54) is 11.8 Å². The van der Waals surface area contributed by atoms with Gasteiger partial charge in [0.05, 0.1) is 12.0 Å². The van der Waals surface area contributed by atoms with Gasteiger partial charge in [-0.05, 0) is 35.3 Å². The highest BCUT2D eigenvalue weighted by Gasteiger charge is 2.32. The second-order valence-electron chi connectivity index (χ2n) is 6.99. The number of thioether (sulfide) groups is 1. The topological polar surface area (TPSA) is 38.8 Å². The SMILES string of the molecule is COc1cc(/C=C2\SC(=S)N(CC(C)C)C2=O)c(Br)cc1OCc1ccccc1. The molecular weight excluding hydrogens is 470 g/mol. The molecule has 0 aliphatic carbocycles. The number of thiocarbonyl (C=S) groups is 1. The molecular formula is C22H22BrNO3S2. The molecule has 7 heteroatoms. The van der Waals surface area contributed by atoms with E-state index in [9.17, 15) is 4.79 Å². The highest BCUT2D eigenvalue weighted by molar-refractivity contribution is 9.10. The summed E-state index contributed by atoms with van der Waals surface area (Å²) in [7, 11) is 1.60. The maximum Gasteiger partial charge on any atom is 0.266 e. The Morgan fingerprint density at radius 2 is 1.93 bits per heavy atom. The van der Waals surface area contributed by atoms with Crippen LogP contribution in [-0.2, 0) is 11.4 Å². The van der Waals surface area contributed by atoms with E-state index < -0.39 is 0 Å². The molecule has 4 nitrogen and oxygen atoms in total. The van der Waals surface area contributed by atoms with Crippen LogP contribution >= 0.6 is 39.9 Å². The van der Waals surface area contributed by atoms with E-state index in [4.69, 9.17) is 21.7 Å². The largest absolute Gasteiger partial charge is 0.493 e. The van der Waals surface area contributed by atoms with Gasteiger partial charge in [0.2, 0.25) is 0 Å². The van der Waals surface area contributed by atoms with Gasteiger partial charge in [-0.1, -0.05) is 84.1 Å². The van der Waals surface area contributed by atoms with Crippen LogP contribution in [-0.4, -0.2) is 28.8 Å². The fourth-order valence-corrected chi connectivity index (χ4v) is 4.54. The number of halogens is 1. The number of amides is 1. The van der Waals surface area contributed by atoms with Gasteiger partial charge < -0.3 is 9.47 Å². The van der Waals surface area contributed by atoms with Gasteiger partial charge in [0.1, 0.15) is 10.9 Å². The zero-order valence-electron chi connectivity index (χ0n) is 16.5. The van der Waals surface area contributed by atoms with Gasteiger partial charge in [-0.3, -0.25) is 9.69 Å². The maximum absolute atomic E-state index is 12.7. The molecule has 0 saturated carbocycles. The van der Waals surface area contributed by atoms with Gasteiger partial charge >= 0.3 is 0 Å². The zero-order valence-corrected chi connectivity index (χ0v) is 19.7. The summed E-state index contributed by atoms with van der Waals surface area (Å²) in [5, 5.41) is 0. The molecule has 0 radical (unpaired) electrons. The van der Waals surface area contributed by atoms with Crippen LogP contribution in [0.4, 0.5) is 0 Å². The molecule has 1 amide bonds. The molecule has 0 bridgehead atoms. The van der Waals surface area contributed by atoms with E-state index in [-0.39, 0.29) is 5.91 Å². The number of carbonyl (C=O) groups is 1. The summed E-state index contributed by atoms with van der Waals surface area (Å²) in [4.78, 5) is 15.0. The lowest BCUT2D eigenvalue weighted by Crippen LogP contribution is -2.31. The lowest BCUT2D eigenvalue weighted by molar-refractivity contribution is -0.122. The molecule has 152 valence electrons. The first kappa shape index (κ1) is 21.9. The van der Waals surface area contributed by atoms with E-state index in [1.54, 1.807) is 12.0 Å². The van der Waals surface area contributed by atoms with Crippen molar-refractivity contribution in [1.82, 2.24) is 4.90 Å². The Hall–Kier alpha value is -1.83. The molecule has 0 N–H and O–H groups in total. The minimum atomic E-state index is -0.0519. The zero-order chi connectivity index (χ0) is 21.0. The van der Waals surface area contributed by atoms with Crippen molar-refractivity contribution >= 4 is 56.2 Å². The van der Waals surface area contributed by atoms with Crippen molar-refractivity contribution in [3.05, 3.63) is 63.0 Å². The molecule has 1 saturated heterocycles. The second kappa shape index (κ2) is 9.78. The number of benzene rings is 2. The standard InChI is InChI=1S/C22H22BrNO3S2/c1-14(2)12-24-21(25)20(29-22(24)28)10-16-9-18(26-3)19(11-17(16)23)27-13-15-7-5-4-6-8-15/h4-11,14H,12-13H2,1-3H3/b20-10-. The van der Waals surface area contributed by atoms with Gasteiger partial charge in [0, 0.05) is 11.0 Å². The van der Waals surface area contributed by atoms with Crippen molar-refractivity contribution in [2.75, 3.05) is 13.7 Å². The normalized spacial score (nSPS) is 15.5. The average Bonchev–Trinajstić information content (AvgIpc) is 2.95. The molecule has 1 heterocycles. The highest BCUT2D eigenvalue weighted by atomic mass is 79.9. The van der Waals surface area contributed by atoms with Crippen molar-refractivity contribution in [2.24, 2.45) is 5.92 Å². The van der Waals surface area contributed by atoms with Crippen molar-refractivity contribution in [3.8, 4) is 11.5 Å². The summed E-state index contributed by atoms with van der Waals surface area (Å²) in [6, 6.07) is 13.7. The Morgan fingerprint density at radius 1 is 1.21 bits per heavy atom. The molecule has 3 rings (SSSR count). The van der Waals surface area contributed by atoms with Gasteiger partial charge in [-0.2, -0.15) is 0 Å². The van der Waals surface area contributed by atoms with E-state index in [2.05, 4.69) is 29.8 Å². The van der Waals surface area contributed by atoms with Gasteiger partial charge in [-0.25, -0.2) is 0 Å². The van der Waals surface area contributed by atoms with Crippen LogP contribution in [0.15, 0.2) is 51.8 Å². The summed E-state index contributed by atoms with van der Waals surface area (Å²) in [5.41, 5.74) is 1.91. The third-order valence-electron chi connectivity index (χ3n) is 4.23. The Kier molecular flexibility index (Phi) is 7.38. The minimum Gasteiger partial charge on any atom is -0.493 e. The van der Waals surface area contributed by atoms with Crippen LogP contribution in [0.2, 0.25) is 0 Å². The first-order valence-corrected chi connectivity index (χ1v) is 11.2. The summed E-state index contributed by atoms with van der Waals surface area (Å²) in [6.07, 6.45) is 1.84. The Bertz CT molecular complexity index is 945. The number of ether oxygens (including phenoxy) is 2. The molecule has 0 unspecified atom stereocenters. The quantitative estimate of drug-likeness (QED) is 0.356. The van der Waals surface area contributed by atoms with Crippen molar-refractivity contribution in [1.29, 1.82) is 0 Å². The van der Waals surface area contributed by atoms with Gasteiger partial charge in [-0.15, -0.1) is 0 Å². The van der Waals surface area contributed by atoms with Gasteiger partial charge in [0.15, 0.2) is 11.5 Å². The second-order valence-corrected chi connectivity index (χ2v) is 9.52. The molecule has 2 aromatic rings. The number of hydrogen-bond donors (Lipinski definition) is 0. The first-order chi connectivity index (χ1) is 13.9. The Labute approximate surface area is 189 Å². The predicted octanol–water partition coefficient (Wildman–Crippen LogP) is 5.89. The molecule has 1 fully saturated rings. The van der Waals surface area contributed by atoms with Crippen LogP contribution < -0.4 is 9.47 Å². The fraction of sp³-hybridized carbons (Fsp3) is 0.273. The number of nitrogens with zero attached hydrogens (tertiary/aromatic N) is 1. The molecule has 0 atom stereocenters. The van der Waals surface area contributed by atoms with E-state index >= 15 is 0 Å². The lowest BCUT2D eigenvalue weighted by Gasteiger charge is -2.16. The monoisotopic (exact) mass is 491 g/mol. The van der Waals surface area contributed by atoms with Crippen molar-refractivity contribution in [2.45, 2.75) is 20.5 Å². The van der Waals surface area contributed by atoms with Crippen LogP contribution in [0.1, 0.15) is 25.0 Å². The van der Waals surface area contributed by atoms with Crippen molar-refractivity contribution < 1.29 is 14.3 Å². The Balaban J connectivity index is 1.83. The van der Waals surface area contributed by atoms with E-state index in [0.29, 0.717) is 39.8 Å². The fourth-order valence-electron chi connectivity index (χ4n) is 2.83. The van der Waals surface area contributed by atoms with E-state index in [1.807, 2.05) is 48.5 Å². The maximum atomic E-state index is 12.7. The number of rotatable bonds is 7. The molecule has 29 heavy (non-hydrogen) atoms. The van der Waals surface area contributed by atoms with Crippen LogP contribution in [0.3, 0.4) is 0 Å². The molecule has 1 aliphatic heterocycles. The Morgan fingerprint density at radius 3 is 2.59 bits per heavy atom. The smallest absolute Gasteiger partial charge is 0.266 e. The number of carbonyl (C=O) groups excluding carboxylic acids is 1. The third-order valence-corrected chi connectivity index (χ3v) is 6.29. The van der Waals surface area contributed by atoms with Gasteiger partial charge in [0.25, 0.3) is 5.91 Å². The summed E-state index contributed by atoms with van der Waals surface area (Å²) in [5.74, 6) is 1.54. The van der Waals surface area contributed by atoms with E-state index in [0.717, 1.165) is 15.6 Å². The third kappa shape index (κ3) is 5.41. The first-order valence-electron chi connectivity index (χ1n) is 9.18. The average molecular weight is 492 g/mol. The van der Waals surface area contributed by atoms with Crippen LogP contribution in [0, 0.1) is 5.92 Å². The molecule has 1 aliphatic rings. The van der Waals surface area contributed by atoms with Crippen molar-refractivity contribution in [3.63, 3.8) is 0 Å². The lowest BCUT2D eigenvalue weighted by atomic mass is 10.1. The highest BCUT2D eigenvalue weighted by Crippen LogP contribution is 2.38. The van der Waals surface area contributed by atoms with Crippen LogP contribution in [0.5, 0.6) is 11.5 Å². The molecule has 0 aromatic heterocycles. The molecule has 0 spiro atoms.